The van der Waals surface area contributed by atoms with E-state index >= 15 is 0 Å². The fourth-order valence-corrected chi connectivity index (χ4v) is 2.08. The molecular formula is C14H22N6O3. The third-order valence-electron chi connectivity index (χ3n) is 3.09. The molecule has 1 unspecified atom stereocenters. The lowest BCUT2D eigenvalue weighted by molar-refractivity contribution is 0.0663. The zero-order valence-corrected chi connectivity index (χ0v) is 13.7. The van der Waals surface area contributed by atoms with Gasteiger partial charge in [0.15, 0.2) is 5.65 Å². The van der Waals surface area contributed by atoms with Crippen molar-refractivity contribution in [1.82, 2.24) is 19.9 Å². The molecule has 0 bridgehead atoms. The first-order chi connectivity index (χ1) is 10.9. The van der Waals surface area contributed by atoms with Crippen LogP contribution in [0.25, 0.3) is 5.65 Å². The molecule has 3 N–H and O–H groups in total. The maximum absolute atomic E-state index is 11.9. The van der Waals surface area contributed by atoms with Crippen LogP contribution >= 0.6 is 0 Å². The lowest BCUT2D eigenvalue weighted by Crippen LogP contribution is -2.37. The molecule has 2 heterocycles. The number of ether oxygens (including phenoxy) is 1. The number of hydrogen-bond donors (Lipinski definition) is 3. The van der Waals surface area contributed by atoms with Crippen LogP contribution in [0.3, 0.4) is 0 Å². The SMILES string of the molecule is COCC(O)CNC(=O)Nc1cc(N(C)C)n2nc(C)cc2n1. The number of anilines is 2. The Balaban J connectivity index is 2.12. The predicted octanol–water partition coefficient (Wildman–Crippen LogP) is 0.233. The number of aromatic nitrogens is 3. The molecule has 0 saturated heterocycles. The average Bonchev–Trinajstić information content (AvgIpc) is 2.84. The van der Waals surface area contributed by atoms with Crippen LogP contribution in [0.2, 0.25) is 0 Å². The monoisotopic (exact) mass is 322 g/mol. The molecule has 0 aliphatic rings. The molecule has 126 valence electrons. The number of rotatable bonds is 6. The number of aliphatic hydroxyl groups excluding tert-OH is 1. The Morgan fingerprint density at radius 3 is 2.87 bits per heavy atom. The summed E-state index contributed by atoms with van der Waals surface area (Å²) in [6.45, 7) is 2.13. The van der Waals surface area contributed by atoms with Crippen molar-refractivity contribution in [2.45, 2.75) is 13.0 Å². The quantitative estimate of drug-likeness (QED) is 0.703. The summed E-state index contributed by atoms with van der Waals surface area (Å²) in [5, 5.41) is 19.1. The molecule has 2 amide bonds. The summed E-state index contributed by atoms with van der Waals surface area (Å²) in [5.41, 5.74) is 1.48. The van der Waals surface area contributed by atoms with Gasteiger partial charge in [-0.25, -0.2) is 9.78 Å². The van der Waals surface area contributed by atoms with Crippen molar-refractivity contribution >= 4 is 23.3 Å². The van der Waals surface area contributed by atoms with E-state index in [1.807, 2.05) is 32.0 Å². The van der Waals surface area contributed by atoms with Gasteiger partial charge in [-0.1, -0.05) is 0 Å². The number of carbonyl (C=O) groups is 1. The smallest absolute Gasteiger partial charge is 0.320 e. The van der Waals surface area contributed by atoms with Gasteiger partial charge in [-0.3, -0.25) is 5.32 Å². The number of hydrogen-bond acceptors (Lipinski definition) is 6. The summed E-state index contributed by atoms with van der Waals surface area (Å²) < 4.78 is 6.51. The van der Waals surface area contributed by atoms with E-state index in [1.165, 1.54) is 7.11 Å². The van der Waals surface area contributed by atoms with E-state index in [0.29, 0.717) is 11.5 Å². The first-order valence-electron chi connectivity index (χ1n) is 7.17. The topological polar surface area (TPSA) is 104 Å². The minimum Gasteiger partial charge on any atom is -0.389 e. The molecule has 9 nitrogen and oxygen atoms in total. The molecule has 23 heavy (non-hydrogen) atoms. The van der Waals surface area contributed by atoms with E-state index in [4.69, 9.17) is 4.74 Å². The number of carbonyl (C=O) groups excluding carboxylic acids is 1. The Morgan fingerprint density at radius 1 is 1.48 bits per heavy atom. The molecule has 1 atom stereocenters. The van der Waals surface area contributed by atoms with Crippen LogP contribution in [0.1, 0.15) is 5.69 Å². The van der Waals surface area contributed by atoms with Gasteiger partial charge in [0, 0.05) is 39.9 Å². The van der Waals surface area contributed by atoms with Gasteiger partial charge in [0.05, 0.1) is 18.4 Å². The fourth-order valence-electron chi connectivity index (χ4n) is 2.08. The highest BCUT2D eigenvalue weighted by atomic mass is 16.5. The molecule has 0 spiro atoms. The largest absolute Gasteiger partial charge is 0.389 e. The van der Waals surface area contributed by atoms with E-state index in [-0.39, 0.29) is 13.2 Å². The summed E-state index contributed by atoms with van der Waals surface area (Å²) in [4.78, 5) is 18.1. The highest BCUT2D eigenvalue weighted by Gasteiger charge is 2.12. The maximum Gasteiger partial charge on any atom is 0.320 e. The van der Waals surface area contributed by atoms with Gasteiger partial charge in [-0.05, 0) is 6.92 Å². The number of nitrogens with one attached hydrogen (secondary N) is 2. The van der Waals surface area contributed by atoms with Crippen LogP contribution < -0.4 is 15.5 Å². The van der Waals surface area contributed by atoms with Crippen molar-refractivity contribution in [3.8, 4) is 0 Å². The number of aryl methyl sites for hydroxylation is 1. The number of methoxy groups -OCH3 is 1. The lowest BCUT2D eigenvalue weighted by Gasteiger charge is -2.16. The molecule has 0 aliphatic heterocycles. The zero-order chi connectivity index (χ0) is 17.0. The van der Waals surface area contributed by atoms with Crippen molar-refractivity contribution < 1.29 is 14.6 Å². The highest BCUT2D eigenvalue weighted by Crippen LogP contribution is 2.19. The third kappa shape index (κ3) is 4.30. The average molecular weight is 322 g/mol. The van der Waals surface area contributed by atoms with Crippen LogP contribution in [-0.2, 0) is 4.74 Å². The number of fused-ring (bicyclic) bond motifs is 1. The Labute approximate surface area is 134 Å². The number of aliphatic hydroxyl groups is 1. The molecule has 0 aliphatic carbocycles. The molecule has 2 aromatic heterocycles. The zero-order valence-electron chi connectivity index (χ0n) is 13.7. The van der Waals surface area contributed by atoms with Gasteiger partial charge in [0.2, 0.25) is 0 Å². The van der Waals surface area contributed by atoms with E-state index in [9.17, 15) is 9.90 Å². The summed E-state index contributed by atoms with van der Waals surface area (Å²) >= 11 is 0. The van der Waals surface area contributed by atoms with Gasteiger partial charge in [0.1, 0.15) is 11.6 Å². The molecular weight excluding hydrogens is 300 g/mol. The molecule has 9 heteroatoms. The van der Waals surface area contributed by atoms with Gasteiger partial charge in [0.25, 0.3) is 0 Å². The van der Waals surface area contributed by atoms with Crippen molar-refractivity contribution in [2.75, 3.05) is 44.6 Å². The van der Waals surface area contributed by atoms with Crippen LogP contribution in [0.5, 0.6) is 0 Å². The van der Waals surface area contributed by atoms with Gasteiger partial charge >= 0.3 is 6.03 Å². The summed E-state index contributed by atoms with van der Waals surface area (Å²) in [6.07, 6.45) is -0.754. The van der Waals surface area contributed by atoms with Crippen LogP contribution in [0.15, 0.2) is 12.1 Å². The first-order valence-corrected chi connectivity index (χ1v) is 7.17. The van der Waals surface area contributed by atoms with Gasteiger partial charge < -0.3 is 20.1 Å². The first kappa shape index (κ1) is 17.0. The van der Waals surface area contributed by atoms with Crippen LogP contribution in [0.4, 0.5) is 16.4 Å². The number of amides is 2. The molecule has 0 aromatic carbocycles. The highest BCUT2D eigenvalue weighted by molar-refractivity contribution is 5.89. The number of nitrogens with zero attached hydrogens (tertiary/aromatic N) is 4. The van der Waals surface area contributed by atoms with E-state index in [2.05, 4.69) is 20.7 Å². The molecule has 0 radical (unpaired) electrons. The summed E-state index contributed by atoms with van der Waals surface area (Å²) in [7, 11) is 5.26. The van der Waals surface area contributed by atoms with Gasteiger partial charge in [-0.2, -0.15) is 9.61 Å². The minimum atomic E-state index is -0.754. The third-order valence-corrected chi connectivity index (χ3v) is 3.09. The lowest BCUT2D eigenvalue weighted by atomic mass is 10.4. The van der Waals surface area contributed by atoms with Crippen LogP contribution in [0, 0.1) is 6.92 Å². The Kier molecular flexibility index (Phi) is 5.35. The fraction of sp³-hybridized carbons (Fsp3) is 0.500. The predicted molar refractivity (Wildman–Crippen MR) is 87.0 cm³/mol. The Morgan fingerprint density at radius 2 is 2.22 bits per heavy atom. The summed E-state index contributed by atoms with van der Waals surface area (Å²) in [6, 6.07) is 3.11. The van der Waals surface area contributed by atoms with Crippen molar-refractivity contribution in [3.05, 3.63) is 17.8 Å². The van der Waals surface area contributed by atoms with Crippen molar-refractivity contribution in [3.63, 3.8) is 0 Å². The minimum absolute atomic E-state index is 0.0915. The molecule has 0 fully saturated rings. The molecule has 2 rings (SSSR count). The number of urea groups is 1. The normalized spacial score (nSPS) is 12.2. The summed E-state index contributed by atoms with van der Waals surface area (Å²) in [5.74, 6) is 1.19. The van der Waals surface area contributed by atoms with Gasteiger partial charge in [-0.15, -0.1) is 0 Å². The second-order valence-corrected chi connectivity index (χ2v) is 5.39. The second-order valence-electron chi connectivity index (χ2n) is 5.39. The van der Waals surface area contributed by atoms with Crippen LogP contribution in [-0.4, -0.2) is 66.2 Å². The standard InChI is InChI=1S/C14H22N6O3/c1-9-5-12-16-11(6-13(19(2)3)20(12)18-9)17-14(22)15-7-10(21)8-23-4/h5-6,10,21H,7-8H2,1-4H3,(H2,15,16,17,22). The van der Waals surface area contributed by atoms with E-state index < -0.39 is 12.1 Å². The molecule has 2 aromatic rings. The second kappa shape index (κ2) is 7.25. The van der Waals surface area contributed by atoms with Crippen molar-refractivity contribution in [2.24, 2.45) is 0 Å². The van der Waals surface area contributed by atoms with E-state index in [1.54, 1.807) is 10.6 Å². The maximum atomic E-state index is 11.9. The van der Waals surface area contributed by atoms with E-state index in [0.717, 1.165) is 11.5 Å². The molecule has 0 saturated carbocycles. The Hall–Kier alpha value is -2.39. The Bertz CT molecular complexity index is 684. The van der Waals surface area contributed by atoms with Crippen molar-refractivity contribution in [1.29, 1.82) is 0 Å².